The number of fused-ring (bicyclic) bond motifs is 1. The molecular weight excluding hydrogens is 318 g/mol. The fourth-order valence-corrected chi connectivity index (χ4v) is 3.49. The van der Waals surface area contributed by atoms with E-state index in [4.69, 9.17) is 9.47 Å². The number of phenols is 1. The highest BCUT2D eigenvalue weighted by Crippen LogP contribution is 2.42. The van der Waals surface area contributed by atoms with E-state index in [1.807, 2.05) is 6.92 Å². The molecule has 6 nitrogen and oxygen atoms in total. The second-order valence-corrected chi connectivity index (χ2v) is 7.43. The smallest absolute Gasteiger partial charge is 0.243 e. The average Bonchev–Trinajstić information content (AvgIpc) is 3.00. The van der Waals surface area contributed by atoms with E-state index in [9.17, 15) is 13.5 Å². The van der Waals surface area contributed by atoms with E-state index in [1.54, 1.807) is 36.4 Å². The molecule has 0 amide bonds. The van der Waals surface area contributed by atoms with Crippen LogP contribution in [0.4, 0.5) is 0 Å². The first-order valence-electron chi connectivity index (χ1n) is 7.03. The second kappa shape index (κ2) is 5.75. The normalized spacial score (nSPS) is 13.5. The Morgan fingerprint density at radius 1 is 1.13 bits per heavy atom. The highest BCUT2D eigenvalue weighted by Gasteiger charge is 2.25. The minimum Gasteiger partial charge on any atom is -0.504 e. The van der Waals surface area contributed by atoms with Gasteiger partial charge in [-0.15, -0.1) is 0 Å². The largest absolute Gasteiger partial charge is 0.504 e. The van der Waals surface area contributed by atoms with Crippen molar-refractivity contribution in [3.8, 4) is 17.2 Å². The van der Waals surface area contributed by atoms with Crippen LogP contribution in [0.2, 0.25) is 0 Å². The Balaban J connectivity index is 1.87. The summed E-state index contributed by atoms with van der Waals surface area (Å²) < 4.78 is 36.7. The Labute approximate surface area is 134 Å². The number of nitrogens with zero attached hydrogens (tertiary/aromatic N) is 1. The zero-order valence-corrected chi connectivity index (χ0v) is 13.6. The van der Waals surface area contributed by atoms with Crippen LogP contribution in [0.15, 0.2) is 41.3 Å². The van der Waals surface area contributed by atoms with Gasteiger partial charge in [0.25, 0.3) is 0 Å². The van der Waals surface area contributed by atoms with Crippen LogP contribution >= 0.6 is 0 Å². The molecule has 0 fully saturated rings. The first-order valence-corrected chi connectivity index (χ1v) is 8.47. The topological polar surface area (TPSA) is 76.1 Å². The zero-order valence-electron chi connectivity index (χ0n) is 12.8. The van der Waals surface area contributed by atoms with E-state index in [-0.39, 0.29) is 29.7 Å². The van der Waals surface area contributed by atoms with Gasteiger partial charge in [-0.3, -0.25) is 0 Å². The molecule has 1 aliphatic heterocycles. The highest BCUT2D eigenvalue weighted by molar-refractivity contribution is 7.89. The molecule has 0 radical (unpaired) electrons. The first-order chi connectivity index (χ1) is 10.9. The van der Waals surface area contributed by atoms with E-state index >= 15 is 0 Å². The molecule has 0 aromatic heterocycles. The fraction of sp³-hybridized carbons (Fsp3) is 0.250. The highest BCUT2D eigenvalue weighted by atomic mass is 32.2. The number of hydrogen-bond acceptors (Lipinski definition) is 5. The molecule has 3 rings (SSSR count). The zero-order chi connectivity index (χ0) is 16.6. The monoisotopic (exact) mass is 335 g/mol. The minimum atomic E-state index is -3.63. The number of benzene rings is 2. The molecular formula is C16H17NO5S. The molecule has 0 saturated carbocycles. The summed E-state index contributed by atoms with van der Waals surface area (Å²) in [4.78, 5) is 0.214. The maximum atomic E-state index is 12.6. The summed E-state index contributed by atoms with van der Waals surface area (Å²) in [5.41, 5.74) is 1.44. The molecule has 1 aliphatic rings. The third-order valence-electron chi connectivity index (χ3n) is 3.72. The molecule has 0 aliphatic carbocycles. The van der Waals surface area contributed by atoms with Crippen LogP contribution in [0.5, 0.6) is 17.2 Å². The molecule has 7 heteroatoms. The van der Waals surface area contributed by atoms with Gasteiger partial charge in [-0.1, -0.05) is 23.8 Å². The number of rotatable bonds is 4. The van der Waals surface area contributed by atoms with Crippen LogP contribution < -0.4 is 9.47 Å². The summed E-state index contributed by atoms with van der Waals surface area (Å²) in [5.74, 6) is 0.616. The third kappa shape index (κ3) is 2.85. The van der Waals surface area contributed by atoms with Crippen molar-refractivity contribution in [1.29, 1.82) is 0 Å². The maximum Gasteiger partial charge on any atom is 0.243 e. The van der Waals surface area contributed by atoms with Gasteiger partial charge in [-0.05, 0) is 25.1 Å². The molecule has 0 unspecified atom stereocenters. The Morgan fingerprint density at radius 2 is 1.83 bits per heavy atom. The predicted molar refractivity (Wildman–Crippen MR) is 84.1 cm³/mol. The molecule has 1 heterocycles. The molecule has 23 heavy (non-hydrogen) atoms. The van der Waals surface area contributed by atoms with Crippen molar-refractivity contribution in [1.82, 2.24) is 4.31 Å². The van der Waals surface area contributed by atoms with Crippen LogP contribution in [0.3, 0.4) is 0 Å². The summed E-state index contributed by atoms with van der Waals surface area (Å²) in [7, 11) is -2.16. The number of aryl methyl sites for hydroxylation is 1. The van der Waals surface area contributed by atoms with E-state index in [0.717, 1.165) is 5.56 Å². The number of phenolic OH excluding ortho intramolecular Hbond substituents is 1. The molecule has 0 saturated heterocycles. The lowest BCUT2D eigenvalue weighted by molar-refractivity contribution is 0.171. The van der Waals surface area contributed by atoms with Crippen LogP contribution in [-0.2, 0) is 16.6 Å². The molecule has 122 valence electrons. The third-order valence-corrected chi connectivity index (χ3v) is 5.54. The first kappa shape index (κ1) is 15.6. The average molecular weight is 335 g/mol. The van der Waals surface area contributed by atoms with Gasteiger partial charge < -0.3 is 14.6 Å². The number of sulfonamides is 1. The fourth-order valence-electron chi connectivity index (χ4n) is 2.34. The van der Waals surface area contributed by atoms with Crippen LogP contribution in [-0.4, -0.2) is 31.7 Å². The van der Waals surface area contributed by atoms with Crippen molar-refractivity contribution in [2.45, 2.75) is 18.4 Å². The lowest BCUT2D eigenvalue weighted by atomic mass is 10.1. The molecule has 0 spiro atoms. The summed E-state index contributed by atoms with van der Waals surface area (Å²) in [6.45, 7) is 1.97. The van der Waals surface area contributed by atoms with Crippen molar-refractivity contribution in [2.75, 3.05) is 13.8 Å². The summed E-state index contributed by atoms with van der Waals surface area (Å²) in [5, 5.41) is 10.2. The van der Waals surface area contributed by atoms with Crippen molar-refractivity contribution in [3.63, 3.8) is 0 Å². The lowest BCUT2D eigenvalue weighted by Crippen LogP contribution is -2.26. The van der Waals surface area contributed by atoms with Gasteiger partial charge in [0.1, 0.15) is 0 Å². The van der Waals surface area contributed by atoms with Crippen molar-refractivity contribution in [3.05, 3.63) is 47.5 Å². The number of ether oxygens (including phenoxy) is 2. The molecule has 1 N–H and O–H groups in total. The quantitative estimate of drug-likeness (QED) is 0.927. The molecule has 2 aromatic carbocycles. The Kier molecular flexibility index (Phi) is 3.91. The van der Waals surface area contributed by atoms with Gasteiger partial charge >= 0.3 is 0 Å². The minimum absolute atomic E-state index is 0.0265. The lowest BCUT2D eigenvalue weighted by Gasteiger charge is -2.18. The molecule has 2 aromatic rings. The summed E-state index contributed by atoms with van der Waals surface area (Å²) >= 11 is 0. The van der Waals surface area contributed by atoms with E-state index in [2.05, 4.69) is 0 Å². The van der Waals surface area contributed by atoms with Gasteiger partial charge in [0.2, 0.25) is 22.6 Å². The SMILES string of the molecule is Cc1ccc(S(=O)(=O)N(C)Cc2ccc3c(c2O)OCO3)cc1. The maximum absolute atomic E-state index is 12.6. The number of hydrogen-bond donors (Lipinski definition) is 1. The summed E-state index contributed by atoms with van der Waals surface area (Å²) in [6, 6.07) is 9.92. The van der Waals surface area contributed by atoms with Gasteiger partial charge in [-0.2, -0.15) is 4.31 Å². The second-order valence-electron chi connectivity index (χ2n) is 5.38. The molecule has 0 atom stereocenters. The Hall–Kier alpha value is -2.25. The molecule has 0 bridgehead atoms. The van der Waals surface area contributed by atoms with Crippen molar-refractivity contribution in [2.24, 2.45) is 0 Å². The Bertz CT molecular complexity index is 830. The predicted octanol–water partition coefficient (Wildman–Crippen LogP) is 2.25. The van der Waals surface area contributed by atoms with E-state index in [0.29, 0.717) is 11.3 Å². The van der Waals surface area contributed by atoms with Crippen molar-refractivity contribution >= 4 is 10.0 Å². The van der Waals surface area contributed by atoms with Gasteiger partial charge in [-0.25, -0.2) is 8.42 Å². The van der Waals surface area contributed by atoms with Crippen LogP contribution in [0.25, 0.3) is 0 Å². The summed E-state index contributed by atoms with van der Waals surface area (Å²) in [6.07, 6.45) is 0. The van der Waals surface area contributed by atoms with Gasteiger partial charge in [0.05, 0.1) is 4.90 Å². The van der Waals surface area contributed by atoms with Crippen LogP contribution in [0, 0.1) is 6.92 Å². The van der Waals surface area contributed by atoms with Gasteiger partial charge in [0, 0.05) is 19.2 Å². The van der Waals surface area contributed by atoms with Crippen molar-refractivity contribution < 1.29 is 23.0 Å². The standard InChI is InChI=1S/C16H17NO5S/c1-11-3-6-13(7-4-11)23(19,20)17(2)9-12-5-8-14-16(15(12)18)22-10-21-14/h3-8,18H,9-10H2,1-2H3. The van der Waals surface area contributed by atoms with Gasteiger partial charge in [0.15, 0.2) is 11.5 Å². The Morgan fingerprint density at radius 3 is 2.52 bits per heavy atom. The van der Waals surface area contributed by atoms with E-state index < -0.39 is 10.0 Å². The van der Waals surface area contributed by atoms with Crippen LogP contribution in [0.1, 0.15) is 11.1 Å². The number of aromatic hydroxyl groups is 1. The van der Waals surface area contributed by atoms with E-state index in [1.165, 1.54) is 11.4 Å².